The lowest BCUT2D eigenvalue weighted by atomic mass is 10.1. The molecule has 5 nitrogen and oxygen atoms in total. The Kier molecular flexibility index (Phi) is 2.69. The molecule has 0 bridgehead atoms. The van der Waals surface area contributed by atoms with Crippen molar-refractivity contribution in [1.29, 1.82) is 0 Å². The number of aliphatic carboxylic acids is 1. The maximum absolute atomic E-state index is 11.3. The van der Waals surface area contributed by atoms with Crippen molar-refractivity contribution in [2.75, 3.05) is 23.8 Å². The molecule has 1 aliphatic carbocycles. The molecule has 2 unspecified atom stereocenters. The van der Waals surface area contributed by atoms with Gasteiger partial charge in [-0.15, -0.1) is 0 Å². The number of rotatable bonds is 4. The molecule has 5 heteroatoms. The summed E-state index contributed by atoms with van der Waals surface area (Å²) >= 11 is 0. The van der Waals surface area contributed by atoms with Gasteiger partial charge in [-0.1, -0.05) is 0 Å². The molecular formula is C14H16N2O3. The first-order valence-electron chi connectivity index (χ1n) is 6.41. The van der Waals surface area contributed by atoms with Crippen LogP contribution in [-0.4, -0.2) is 30.6 Å². The number of amides is 1. The van der Waals surface area contributed by atoms with Gasteiger partial charge in [0.05, 0.1) is 12.3 Å². The molecular weight excluding hydrogens is 244 g/mol. The third kappa shape index (κ3) is 2.28. The van der Waals surface area contributed by atoms with Gasteiger partial charge in [-0.25, -0.2) is 0 Å². The van der Waals surface area contributed by atoms with Crippen LogP contribution in [-0.2, 0) is 16.0 Å². The quantitative estimate of drug-likeness (QED) is 0.857. The summed E-state index contributed by atoms with van der Waals surface area (Å²) in [7, 11) is 1.96. The van der Waals surface area contributed by atoms with Crippen LogP contribution < -0.4 is 10.2 Å². The Morgan fingerprint density at radius 1 is 1.53 bits per heavy atom. The Morgan fingerprint density at radius 2 is 2.32 bits per heavy atom. The molecule has 100 valence electrons. The fourth-order valence-electron chi connectivity index (χ4n) is 2.66. The van der Waals surface area contributed by atoms with Crippen LogP contribution in [0, 0.1) is 11.8 Å². The lowest BCUT2D eigenvalue weighted by molar-refractivity contribution is -0.138. The van der Waals surface area contributed by atoms with Gasteiger partial charge in [0, 0.05) is 25.0 Å². The summed E-state index contributed by atoms with van der Waals surface area (Å²) in [6, 6.07) is 5.88. The average molecular weight is 260 g/mol. The van der Waals surface area contributed by atoms with E-state index in [-0.39, 0.29) is 17.7 Å². The molecule has 0 spiro atoms. The van der Waals surface area contributed by atoms with Crippen LogP contribution in [0.15, 0.2) is 18.2 Å². The number of nitrogens with one attached hydrogen (secondary N) is 1. The molecule has 2 N–H and O–H groups in total. The number of benzene rings is 1. The monoisotopic (exact) mass is 260 g/mol. The zero-order valence-electron chi connectivity index (χ0n) is 10.7. The summed E-state index contributed by atoms with van der Waals surface area (Å²) in [5, 5.41) is 11.7. The van der Waals surface area contributed by atoms with Gasteiger partial charge in [-0.3, -0.25) is 9.59 Å². The van der Waals surface area contributed by atoms with Crippen molar-refractivity contribution in [3.63, 3.8) is 0 Å². The van der Waals surface area contributed by atoms with Gasteiger partial charge < -0.3 is 15.3 Å². The molecule has 1 saturated carbocycles. The number of carbonyl (C=O) groups excluding carboxylic acids is 1. The van der Waals surface area contributed by atoms with E-state index in [1.54, 1.807) is 0 Å². The molecule has 1 fully saturated rings. The van der Waals surface area contributed by atoms with E-state index < -0.39 is 5.97 Å². The summed E-state index contributed by atoms with van der Waals surface area (Å²) in [6.07, 6.45) is 1.20. The number of anilines is 2. The van der Waals surface area contributed by atoms with E-state index in [1.165, 1.54) is 0 Å². The molecule has 0 radical (unpaired) electrons. The SMILES string of the molecule is CN(CC1CC1C(=O)O)c1ccc2c(c1)CC(=O)N2. The van der Waals surface area contributed by atoms with Crippen LogP contribution in [0.25, 0.3) is 0 Å². The molecule has 0 saturated heterocycles. The fourth-order valence-corrected chi connectivity index (χ4v) is 2.66. The normalized spacial score (nSPS) is 23.7. The minimum atomic E-state index is -0.692. The minimum Gasteiger partial charge on any atom is -0.481 e. The molecule has 2 aliphatic rings. The second-order valence-corrected chi connectivity index (χ2v) is 5.39. The summed E-state index contributed by atoms with van der Waals surface area (Å²) in [5.41, 5.74) is 2.93. The topological polar surface area (TPSA) is 69.6 Å². The number of carboxylic acids is 1. The Hall–Kier alpha value is -2.04. The molecule has 1 aromatic rings. The van der Waals surface area contributed by atoms with Gasteiger partial charge in [-0.05, 0) is 36.1 Å². The Labute approximate surface area is 111 Å². The van der Waals surface area contributed by atoms with Crippen LogP contribution >= 0.6 is 0 Å². The van der Waals surface area contributed by atoms with Crippen molar-refractivity contribution >= 4 is 23.3 Å². The maximum Gasteiger partial charge on any atom is 0.306 e. The van der Waals surface area contributed by atoms with Crippen molar-refractivity contribution in [2.24, 2.45) is 11.8 Å². The number of hydrogen-bond acceptors (Lipinski definition) is 3. The number of nitrogens with zero attached hydrogens (tertiary/aromatic N) is 1. The first-order valence-corrected chi connectivity index (χ1v) is 6.41. The highest BCUT2D eigenvalue weighted by Crippen LogP contribution is 2.40. The molecule has 1 heterocycles. The molecule has 1 aromatic carbocycles. The number of carbonyl (C=O) groups is 2. The van der Waals surface area contributed by atoms with Crippen LogP contribution in [0.1, 0.15) is 12.0 Å². The standard InChI is InChI=1S/C14H16N2O3/c1-16(7-9-5-11(9)14(18)19)10-2-3-12-8(4-10)6-13(17)15-12/h2-4,9,11H,5-7H2,1H3,(H,15,17)(H,18,19). The van der Waals surface area contributed by atoms with Gasteiger partial charge in [-0.2, -0.15) is 0 Å². The summed E-state index contributed by atoms with van der Waals surface area (Å²) in [6.45, 7) is 0.747. The fraction of sp³-hybridized carbons (Fsp3) is 0.429. The van der Waals surface area contributed by atoms with Crippen molar-refractivity contribution in [3.05, 3.63) is 23.8 Å². The van der Waals surface area contributed by atoms with Gasteiger partial charge in [0.1, 0.15) is 0 Å². The Morgan fingerprint density at radius 3 is 3.00 bits per heavy atom. The first-order chi connectivity index (χ1) is 9.04. The molecule has 3 rings (SSSR count). The molecule has 2 atom stereocenters. The van der Waals surface area contributed by atoms with E-state index in [1.807, 2.05) is 25.2 Å². The smallest absolute Gasteiger partial charge is 0.306 e. The molecule has 0 aromatic heterocycles. The van der Waals surface area contributed by atoms with Gasteiger partial charge in [0.15, 0.2) is 0 Å². The van der Waals surface area contributed by atoms with E-state index in [2.05, 4.69) is 10.2 Å². The summed E-state index contributed by atoms with van der Waals surface area (Å²) in [4.78, 5) is 24.2. The van der Waals surface area contributed by atoms with Crippen LogP contribution in [0.2, 0.25) is 0 Å². The zero-order valence-corrected chi connectivity index (χ0v) is 10.7. The zero-order chi connectivity index (χ0) is 13.6. The molecule has 1 aliphatic heterocycles. The maximum atomic E-state index is 11.3. The predicted octanol–water partition coefficient (Wildman–Crippen LogP) is 1.34. The first kappa shape index (κ1) is 12.0. The number of carboxylic acid groups (broad SMARTS) is 1. The second-order valence-electron chi connectivity index (χ2n) is 5.39. The van der Waals surface area contributed by atoms with Gasteiger partial charge >= 0.3 is 5.97 Å². The average Bonchev–Trinajstić information content (AvgIpc) is 3.01. The highest BCUT2D eigenvalue weighted by molar-refractivity contribution is 5.99. The van der Waals surface area contributed by atoms with E-state index >= 15 is 0 Å². The highest BCUT2D eigenvalue weighted by Gasteiger charge is 2.43. The predicted molar refractivity (Wildman–Crippen MR) is 71.3 cm³/mol. The summed E-state index contributed by atoms with van der Waals surface area (Å²) in [5.74, 6) is -0.597. The largest absolute Gasteiger partial charge is 0.481 e. The van der Waals surface area contributed by atoms with Crippen molar-refractivity contribution < 1.29 is 14.7 Å². The van der Waals surface area contributed by atoms with Crippen molar-refractivity contribution in [2.45, 2.75) is 12.8 Å². The molecule has 19 heavy (non-hydrogen) atoms. The van der Waals surface area contributed by atoms with E-state index in [0.29, 0.717) is 6.42 Å². The number of hydrogen-bond donors (Lipinski definition) is 2. The van der Waals surface area contributed by atoms with E-state index in [0.717, 1.165) is 29.9 Å². The minimum absolute atomic E-state index is 0.0305. The van der Waals surface area contributed by atoms with Crippen LogP contribution in [0.4, 0.5) is 11.4 Å². The third-order valence-corrected chi connectivity index (χ3v) is 3.90. The second kappa shape index (κ2) is 4.26. The summed E-state index contributed by atoms with van der Waals surface area (Å²) < 4.78 is 0. The van der Waals surface area contributed by atoms with Crippen molar-refractivity contribution in [1.82, 2.24) is 0 Å². The lowest BCUT2D eigenvalue weighted by Gasteiger charge is -2.20. The van der Waals surface area contributed by atoms with E-state index in [9.17, 15) is 9.59 Å². The van der Waals surface area contributed by atoms with E-state index in [4.69, 9.17) is 5.11 Å². The Bertz CT molecular complexity index is 556. The lowest BCUT2D eigenvalue weighted by Crippen LogP contribution is -2.21. The van der Waals surface area contributed by atoms with Crippen LogP contribution in [0.5, 0.6) is 0 Å². The van der Waals surface area contributed by atoms with Gasteiger partial charge in [0.2, 0.25) is 5.91 Å². The van der Waals surface area contributed by atoms with Crippen LogP contribution in [0.3, 0.4) is 0 Å². The van der Waals surface area contributed by atoms with Gasteiger partial charge in [0.25, 0.3) is 0 Å². The highest BCUT2D eigenvalue weighted by atomic mass is 16.4. The molecule has 1 amide bonds. The Balaban J connectivity index is 1.68. The van der Waals surface area contributed by atoms with Crippen molar-refractivity contribution in [3.8, 4) is 0 Å². The number of fused-ring (bicyclic) bond motifs is 1. The third-order valence-electron chi connectivity index (χ3n) is 3.90.